The van der Waals surface area contributed by atoms with Gasteiger partial charge in [0.25, 0.3) is 0 Å². The highest BCUT2D eigenvalue weighted by molar-refractivity contribution is 5.61. The van der Waals surface area contributed by atoms with Crippen molar-refractivity contribution in [2.45, 2.75) is 25.0 Å². The van der Waals surface area contributed by atoms with Gasteiger partial charge in [-0.1, -0.05) is 30.3 Å². The molecule has 0 spiro atoms. The summed E-state index contributed by atoms with van der Waals surface area (Å²) < 4.78 is 17.8. The minimum atomic E-state index is -0.528. The Morgan fingerprint density at radius 2 is 2.00 bits per heavy atom. The zero-order valence-electron chi connectivity index (χ0n) is 15.6. The van der Waals surface area contributed by atoms with Crippen molar-refractivity contribution in [3.8, 4) is 17.2 Å². The Kier molecular flexibility index (Phi) is 4.29. The highest BCUT2D eigenvalue weighted by atomic mass is 16.7. The highest BCUT2D eigenvalue weighted by Crippen LogP contribution is 2.52. The predicted molar refractivity (Wildman–Crippen MR) is 98.6 cm³/mol. The van der Waals surface area contributed by atoms with Gasteiger partial charge in [-0.25, -0.2) is 0 Å². The lowest BCUT2D eigenvalue weighted by atomic mass is 9.85. The minimum Gasteiger partial charge on any atom is -0.492 e. The number of benzene rings is 2. The van der Waals surface area contributed by atoms with Crippen molar-refractivity contribution in [1.29, 1.82) is 0 Å². The van der Waals surface area contributed by atoms with Gasteiger partial charge in [0, 0.05) is 12.8 Å². The zero-order valence-corrected chi connectivity index (χ0v) is 15.6. The lowest BCUT2D eigenvalue weighted by molar-refractivity contribution is -0.924. The van der Waals surface area contributed by atoms with Gasteiger partial charge >= 0.3 is 0 Å². The van der Waals surface area contributed by atoms with E-state index in [-0.39, 0.29) is 12.8 Å². The first-order valence-electron chi connectivity index (χ1n) is 9.06. The second-order valence-corrected chi connectivity index (χ2v) is 7.65. The second-order valence-electron chi connectivity index (χ2n) is 7.65. The van der Waals surface area contributed by atoms with E-state index in [9.17, 15) is 5.11 Å². The summed E-state index contributed by atoms with van der Waals surface area (Å²) in [5, 5.41) is 10.9. The summed E-state index contributed by atoms with van der Waals surface area (Å²) in [5.74, 6) is 2.20. The fourth-order valence-electron chi connectivity index (χ4n) is 4.19. The number of fused-ring (bicyclic) bond motifs is 2. The molecule has 4 rings (SSSR count). The van der Waals surface area contributed by atoms with Crippen molar-refractivity contribution in [1.82, 2.24) is 0 Å². The molecule has 0 bridgehead atoms. The maximum Gasteiger partial charge on any atom is 0.231 e. The van der Waals surface area contributed by atoms with Crippen LogP contribution < -0.4 is 14.2 Å². The third kappa shape index (κ3) is 2.81. The Hall–Kier alpha value is -2.24. The van der Waals surface area contributed by atoms with E-state index in [1.807, 2.05) is 30.3 Å². The average molecular weight is 356 g/mol. The van der Waals surface area contributed by atoms with Gasteiger partial charge in [-0.2, -0.15) is 0 Å². The molecule has 5 nitrogen and oxygen atoms in total. The standard InChI is InChI=1S/C21H26NO4/c1-22(2)10-9-15-11-18-20(26-13-25-18)21(24-3)19(15)16(22)12-17(23)14-7-5-4-6-8-14/h4-8,11,16-17,23H,9-10,12-13H2,1-3H3/q+1/t16-,17+/m0/s1. The molecule has 0 amide bonds. The summed E-state index contributed by atoms with van der Waals surface area (Å²) in [5.41, 5.74) is 3.32. The SMILES string of the molecule is COc1c2c(cc3c1[C@H](C[C@@H](O)c1ccccc1)[N+](C)(C)CC3)OCO2. The number of ether oxygens (including phenoxy) is 3. The summed E-state index contributed by atoms with van der Waals surface area (Å²) in [7, 11) is 6.11. The smallest absolute Gasteiger partial charge is 0.231 e. The van der Waals surface area contributed by atoms with Crippen LogP contribution >= 0.6 is 0 Å². The second kappa shape index (κ2) is 6.49. The van der Waals surface area contributed by atoms with Crippen molar-refractivity contribution in [3.05, 3.63) is 53.1 Å². The van der Waals surface area contributed by atoms with E-state index in [2.05, 4.69) is 20.2 Å². The van der Waals surface area contributed by atoms with Crippen LogP contribution in [0.2, 0.25) is 0 Å². The maximum absolute atomic E-state index is 10.9. The summed E-state index contributed by atoms with van der Waals surface area (Å²) >= 11 is 0. The van der Waals surface area contributed by atoms with Gasteiger partial charge in [0.05, 0.1) is 39.4 Å². The number of likely N-dealkylation sites (N-methyl/N-ethyl adjacent to an activating group) is 1. The Morgan fingerprint density at radius 3 is 2.73 bits per heavy atom. The average Bonchev–Trinajstić information content (AvgIpc) is 3.11. The Balaban J connectivity index is 1.77. The van der Waals surface area contributed by atoms with E-state index < -0.39 is 6.10 Å². The van der Waals surface area contributed by atoms with Crippen LogP contribution in [0.1, 0.15) is 35.3 Å². The molecular weight excluding hydrogens is 330 g/mol. The summed E-state index contributed by atoms with van der Waals surface area (Å²) in [6, 6.07) is 12.0. The van der Waals surface area contributed by atoms with Gasteiger partial charge in [0.15, 0.2) is 11.5 Å². The van der Waals surface area contributed by atoms with E-state index >= 15 is 0 Å². The molecule has 0 saturated heterocycles. The fraction of sp³-hybridized carbons (Fsp3) is 0.429. The molecule has 0 aromatic heterocycles. The van der Waals surface area contributed by atoms with Gasteiger partial charge in [0.1, 0.15) is 6.04 Å². The molecule has 2 aromatic rings. The van der Waals surface area contributed by atoms with Crippen LogP contribution in [-0.4, -0.2) is 44.1 Å². The monoisotopic (exact) mass is 356 g/mol. The number of hydrogen-bond donors (Lipinski definition) is 1. The van der Waals surface area contributed by atoms with E-state index in [0.717, 1.165) is 40.1 Å². The summed E-state index contributed by atoms with van der Waals surface area (Å²) in [4.78, 5) is 0. The molecular formula is C21H26NO4+. The van der Waals surface area contributed by atoms with Gasteiger partial charge in [0.2, 0.25) is 12.5 Å². The molecule has 0 saturated carbocycles. The highest BCUT2D eigenvalue weighted by Gasteiger charge is 2.42. The van der Waals surface area contributed by atoms with Crippen molar-refractivity contribution in [2.75, 3.05) is 34.5 Å². The Morgan fingerprint density at radius 1 is 1.23 bits per heavy atom. The number of hydrogen-bond acceptors (Lipinski definition) is 4. The lowest BCUT2D eigenvalue weighted by Gasteiger charge is -2.44. The fourth-order valence-corrected chi connectivity index (χ4v) is 4.19. The van der Waals surface area contributed by atoms with Gasteiger partial charge in [-0.15, -0.1) is 0 Å². The predicted octanol–water partition coefficient (Wildman–Crippen LogP) is 3.22. The van der Waals surface area contributed by atoms with Gasteiger partial charge < -0.3 is 23.8 Å². The zero-order chi connectivity index (χ0) is 18.3. The third-order valence-electron chi connectivity index (χ3n) is 5.71. The van der Waals surface area contributed by atoms with E-state index in [4.69, 9.17) is 14.2 Å². The number of aliphatic hydroxyl groups is 1. The van der Waals surface area contributed by atoms with Crippen LogP contribution in [0.25, 0.3) is 0 Å². The molecule has 0 fully saturated rings. The van der Waals surface area contributed by atoms with Crippen molar-refractivity contribution < 1.29 is 23.8 Å². The molecule has 2 aliphatic heterocycles. The number of methoxy groups -OCH3 is 1. The molecule has 26 heavy (non-hydrogen) atoms. The first-order chi connectivity index (χ1) is 12.5. The van der Waals surface area contributed by atoms with Crippen molar-refractivity contribution >= 4 is 0 Å². The van der Waals surface area contributed by atoms with Crippen LogP contribution in [-0.2, 0) is 6.42 Å². The van der Waals surface area contributed by atoms with Gasteiger partial charge in [-0.3, -0.25) is 0 Å². The first-order valence-corrected chi connectivity index (χ1v) is 9.06. The molecule has 2 aromatic carbocycles. The molecule has 138 valence electrons. The Labute approximate surface area is 154 Å². The summed E-state index contributed by atoms with van der Waals surface area (Å²) in [6.07, 6.45) is 1.05. The lowest BCUT2D eigenvalue weighted by Crippen LogP contribution is -2.48. The molecule has 0 unspecified atom stereocenters. The van der Waals surface area contributed by atoms with Crippen molar-refractivity contribution in [3.63, 3.8) is 0 Å². The van der Waals surface area contributed by atoms with Crippen molar-refractivity contribution in [2.24, 2.45) is 0 Å². The largest absolute Gasteiger partial charge is 0.492 e. The third-order valence-corrected chi connectivity index (χ3v) is 5.71. The first kappa shape index (κ1) is 17.2. The topological polar surface area (TPSA) is 47.9 Å². The van der Waals surface area contributed by atoms with Crippen LogP contribution in [0.5, 0.6) is 17.2 Å². The summed E-state index contributed by atoms with van der Waals surface area (Å²) in [6.45, 7) is 1.23. The van der Waals surface area contributed by atoms with Gasteiger partial charge in [-0.05, 0) is 17.2 Å². The van der Waals surface area contributed by atoms with Crippen LogP contribution in [0, 0.1) is 0 Å². The normalized spacial score (nSPS) is 21.2. The van der Waals surface area contributed by atoms with E-state index in [1.165, 1.54) is 5.56 Å². The number of quaternary nitrogens is 1. The molecule has 1 N–H and O–H groups in total. The van der Waals surface area contributed by atoms with E-state index in [1.54, 1.807) is 7.11 Å². The number of rotatable bonds is 4. The Bertz CT molecular complexity index is 803. The number of nitrogens with zero attached hydrogens (tertiary/aromatic N) is 1. The van der Waals surface area contributed by atoms with E-state index in [0.29, 0.717) is 12.2 Å². The quantitative estimate of drug-likeness (QED) is 0.855. The molecule has 0 radical (unpaired) electrons. The molecule has 2 atom stereocenters. The maximum atomic E-state index is 10.9. The van der Waals surface area contributed by atoms with Crippen LogP contribution in [0.3, 0.4) is 0 Å². The van der Waals surface area contributed by atoms with Crippen LogP contribution in [0.15, 0.2) is 36.4 Å². The minimum absolute atomic E-state index is 0.110. The molecule has 0 aliphatic carbocycles. The van der Waals surface area contributed by atoms with Crippen LogP contribution in [0.4, 0.5) is 0 Å². The molecule has 2 aliphatic rings. The molecule has 2 heterocycles. The number of aliphatic hydroxyl groups excluding tert-OH is 1. The molecule has 5 heteroatoms.